The summed E-state index contributed by atoms with van der Waals surface area (Å²) in [6, 6.07) is 3.60. The number of carbonyl (C=O) groups excluding carboxylic acids is 1. The van der Waals surface area contributed by atoms with Crippen molar-refractivity contribution in [1.82, 2.24) is 5.32 Å². The van der Waals surface area contributed by atoms with Gasteiger partial charge in [0.05, 0.1) is 17.9 Å². The van der Waals surface area contributed by atoms with E-state index < -0.39 is 9.84 Å². The predicted molar refractivity (Wildman–Crippen MR) is 63.2 cm³/mol. The minimum Gasteiger partial charge on any atom is -0.352 e. The van der Waals surface area contributed by atoms with Crippen LogP contribution in [0.3, 0.4) is 0 Å². The second-order valence-corrected chi connectivity index (χ2v) is 7.18. The highest BCUT2D eigenvalue weighted by Gasteiger charge is 2.28. The smallest absolute Gasteiger partial charge is 0.225 e. The number of hydrogen-bond donors (Lipinski definition) is 1. The summed E-state index contributed by atoms with van der Waals surface area (Å²) in [6.07, 6.45) is 0.882. The van der Waals surface area contributed by atoms with E-state index in [1.165, 1.54) is 11.3 Å². The average molecular weight is 259 g/mol. The fraction of sp³-hybridized carbons (Fsp3) is 0.500. The third-order valence-corrected chi connectivity index (χ3v) is 5.16. The van der Waals surface area contributed by atoms with Crippen LogP contribution >= 0.6 is 11.3 Å². The summed E-state index contributed by atoms with van der Waals surface area (Å²) >= 11 is 1.53. The molecule has 1 fully saturated rings. The van der Waals surface area contributed by atoms with Crippen molar-refractivity contribution in [2.75, 3.05) is 11.5 Å². The summed E-state index contributed by atoms with van der Waals surface area (Å²) in [5.74, 6) is 0.185. The summed E-state index contributed by atoms with van der Waals surface area (Å²) in [5, 5.41) is 4.68. The van der Waals surface area contributed by atoms with Crippen LogP contribution in [0.15, 0.2) is 17.5 Å². The summed E-state index contributed by atoms with van der Waals surface area (Å²) in [4.78, 5) is 12.6. The van der Waals surface area contributed by atoms with Gasteiger partial charge in [-0.2, -0.15) is 0 Å². The van der Waals surface area contributed by atoms with E-state index in [-0.39, 0.29) is 23.5 Å². The van der Waals surface area contributed by atoms with E-state index in [4.69, 9.17) is 0 Å². The minimum absolute atomic E-state index is 0.0865. The maximum absolute atomic E-state index is 11.6. The molecule has 0 spiro atoms. The van der Waals surface area contributed by atoms with Gasteiger partial charge >= 0.3 is 0 Å². The number of rotatable bonds is 3. The van der Waals surface area contributed by atoms with E-state index in [9.17, 15) is 13.2 Å². The molecule has 16 heavy (non-hydrogen) atoms. The third kappa shape index (κ3) is 3.05. The van der Waals surface area contributed by atoms with Crippen LogP contribution in [0.25, 0.3) is 0 Å². The van der Waals surface area contributed by atoms with Gasteiger partial charge in [0.2, 0.25) is 5.91 Å². The lowest BCUT2D eigenvalue weighted by Crippen LogP contribution is -2.36. The molecule has 1 aliphatic rings. The van der Waals surface area contributed by atoms with Crippen molar-refractivity contribution in [3.63, 3.8) is 0 Å². The van der Waals surface area contributed by atoms with Crippen LogP contribution < -0.4 is 5.32 Å². The molecular formula is C10H13NO3S2. The highest BCUT2D eigenvalue weighted by molar-refractivity contribution is 7.91. The Balaban J connectivity index is 1.85. The van der Waals surface area contributed by atoms with Crippen molar-refractivity contribution in [3.05, 3.63) is 22.4 Å². The zero-order valence-electron chi connectivity index (χ0n) is 8.68. The lowest BCUT2D eigenvalue weighted by atomic mass is 10.2. The first-order chi connectivity index (χ1) is 7.55. The molecule has 0 aliphatic carbocycles. The highest BCUT2D eigenvalue weighted by Crippen LogP contribution is 2.13. The zero-order chi connectivity index (χ0) is 11.6. The Morgan fingerprint density at radius 2 is 2.38 bits per heavy atom. The van der Waals surface area contributed by atoms with E-state index >= 15 is 0 Å². The van der Waals surface area contributed by atoms with Crippen LogP contribution in [0.5, 0.6) is 0 Å². The number of sulfone groups is 1. The SMILES string of the molecule is O=C(Cc1cccs1)N[C@H]1CCS(=O)(=O)C1. The summed E-state index contributed by atoms with van der Waals surface area (Å²) in [5.41, 5.74) is 0. The molecule has 0 saturated carbocycles. The second-order valence-electron chi connectivity index (χ2n) is 3.92. The molecule has 0 unspecified atom stereocenters. The molecule has 0 bridgehead atoms. The van der Waals surface area contributed by atoms with Crippen molar-refractivity contribution < 1.29 is 13.2 Å². The standard InChI is InChI=1S/C10H13NO3S2/c12-10(6-9-2-1-4-15-9)11-8-3-5-16(13,14)7-8/h1-2,4,8H,3,5-7H2,(H,11,12)/t8-/m0/s1. The molecule has 2 rings (SSSR count). The molecule has 6 heteroatoms. The Hall–Kier alpha value is -0.880. The van der Waals surface area contributed by atoms with Crippen LogP contribution in [0.2, 0.25) is 0 Å². The van der Waals surface area contributed by atoms with E-state index in [0.717, 1.165) is 4.88 Å². The van der Waals surface area contributed by atoms with Crippen LogP contribution in [-0.4, -0.2) is 31.9 Å². The fourth-order valence-corrected chi connectivity index (χ4v) is 4.14. The minimum atomic E-state index is -2.92. The molecule has 88 valence electrons. The van der Waals surface area contributed by atoms with E-state index in [2.05, 4.69) is 5.32 Å². The maximum Gasteiger partial charge on any atom is 0.225 e. The third-order valence-electron chi connectivity index (χ3n) is 2.51. The number of hydrogen-bond acceptors (Lipinski definition) is 4. The average Bonchev–Trinajstić information content (AvgIpc) is 2.76. The van der Waals surface area contributed by atoms with Crippen molar-refractivity contribution >= 4 is 27.1 Å². The summed E-state index contributed by atoms with van der Waals surface area (Å²) < 4.78 is 22.4. The summed E-state index contributed by atoms with van der Waals surface area (Å²) in [6.45, 7) is 0. The van der Waals surface area contributed by atoms with Gasteiger partial charge in [0.25, 0.3) is 0 Å². The first-order valence-electron chi connectivity index (χ1n) is 5.07. The molecule has 1 atom stereocenters. The van der Waals surface area contributed by atoms with Gasteiger partial charge in [0.15, 0.2) is 9.84 Å². The van der Waals surface area contributed by atoms with Gasteiger partial charge < -0.3 is 5.32 Å². The van der Waals surface area contributed by atoms with Crippen molar-refractivity contribution in [1.29, 1.82) is 0 Å². The van der Waals surface area contributed by atoms with Crippen LogP contribution in [0, 0.1) is 0 Å². The van der Waals surface area contributed by atoms with E-state index in [1.807, 2.05) is 17.5 Å². The Kier molecular flexibility index (Phi) is 3.30. The maximum atomic E-state index is 11.6. The Morgan fingerprint density at radius 3 is 2.94 bits per heavy atom. The molecule has 1 amide bonds. The van der Waals surface area contributed by atoms with Gasteiger partial charge in [-0.3, -0.25) is 4.79 Å². The normalized spacial score (nSPS) is 23.1. The molecule has 1 N–H and O–H groups in total. The van der Waals surface area contributed by atoms with Gasteiger partial charge in [-0.1, -0.05) is 6.07 Å². The van der Waals surface area contributed by atoms with Crippen molar-refractivity contribution in [2.45, 2.75) is 18.9 Å². The number of nitrogens with one attached hydrogen (secondary N) is 1. The first-order valence-corrected chi connectivity index (χ1v) is 7.77. The van der Waals surface area contributed by atoms with Crippen LogP contribution in [0.1, 0.15) is 11.3 Å². The summed E-state index contributed by atoms with van der Waals surface area (Å²) in [7, 11) is -2.92. The number of carbonyl (C=O) groups is 1. The quantitative estimate of drug-likeness (QED) is 0.864. The van der Waals surface area contributed by atoms with E-state index in [1.54, 1.807) is 0 Å². The Morgan fingerprint density at radius 1 is 1.56 bits per heavy atom. The lowest BCUT2D eigenvalue weighted by Gasteiger charge is -2.09. The zero-order valence-corrected chi connectivity index (χ0v) is 10.3. The second kappa shape index (κ2) is 4.55. The predicted octanol–water partition coefficient (Wildman–Crippen LogP) is 0.594. The molecule has 4 nitrogen and oxygen atoms in total. The van der Waals surface area contributed by atoms with Gasteiger partial charge in [-0.05, 0) is 17.9 Å². The molecule has 0 aromatic carbocycles. The monoisotopic (exact) mass is 259 g/mol. The van der Waals surface area contributed by atoms with E-state index in [0.29, 0.717) is 12.8 Å². The molecule has 2 heterocycles. The highest BCUT2D eigenvalue weighted by atomic mass is 32.2. The first kappa shape index (κ1) is 11.6. The largest absolute Gasteiger partial charge is 0.352 e. The van der Waals surface area contributed by atoms with Crippen LogP contribution in [0.4, 0.5) is 0 Å². The lowest BCUT2D eigenvalue weighted by molar-refractivity contribution is -0.120. The molecule has 0 radical (unpaired) electrons. The Bertz CT molecular complexity index is 464. The topological polar surface area (TPSA) is 63.2 Å². The van der Waals surface area contributed by atoms with Crippen molar-refractivity contribution in [3.8, 4) is 0 Å². The molecule has 1 aromatic rings. The fourth-order valence-electron chi connectivity index (χ4n) is 1.76. The molecule has 1 saturated heterocycles. The van der Waals surface area contributed by atoms with Crippen LogP contribution in [-0.2, 0) is 21.1 Å². The number of amides is 1. The molecule has 1 aliphatic heterocycles. The van der Waals surface area contributed by atoms with Gasteiger partial charge in [0, 0.05) is 10.9 Å². The van der Waals surface area contributed by atoms with Gasteiger partial charge in [-0.15, -0.1) is 11.3 Å². The Labute approximate surface area is 98.6 Å². The van der Waals surface area contributed by atoms with Gasteiger partial charge in [0.1, 0.15) is 0 Å². The number of thiophene rings is 1. The molecular weight excluding hydrogens is 246 g/mol. The van der Waals surface area contributed by atoms with Crippen molar-refractivity contribution in [2.24, 2.45) is 0 Å². The van der Waals surface area contributed by atoms with Gasteiger partial charge in [-0.25, -0.2) is 8.42 Å². The molecule has 1 aromatic heterocycles.